The minimum atomic E-state index is -0.496. The van der Waals surface area contributed by atoms with E-state index in [1.807, 2.05) is 45.4 Å². The Balaban J connectivity index is 1.35. The SMILES string of the molecule is CN(C)CCn1cnc2ccc(Nc3ccnc4[nH]c(C5=CCN(C(=O)OC(C)(C)C)CC5)cc34)cc21. The van der Waals surface area contributed by atoms with E-state index in [1.165, 1.54) is 5.57 Å². The number of aromatic nitrogens is 4. The third kappa shape index (κ3) is 5.61. The number of amides is 1. The Labute approximate surface area is 217 Å². The van der Waals surface area contributed by atoms with Crippen molar-refractivity contribution in [2.24, 2.45) is 0 Å². The lowest BCUT2D eigenvalue weighted by atomic mass is 10.0. The quantitative estimate of drug-likeness (QED) is 0.375. The number of hydrogen-bond donors (Lipinski definition) is 2. The zero-order valence-electron chi connectivity index (χ0n) is 22.2. The van der Waals surface area contributed by atoms with Crippen molar-refractivity contribution >= 4 is 45.1 Å². The van der Waals surface area contributed by atoms with Crippen molar-refractivity contribution in [3.63, 3.8) is 0 Å². The van der Waals surface area contributed by atoms with Crippen LogP contribution >= 0.6 is 0 Å². The first kappa shape index (κ1) is 24.8. The molecule has 0 saturated heterocycles. The third-order valence-electron chi connectivity index (χ3n) is 6.43. The lowest BCUT2D eigenvalue weighted by Gasteiger charge is -2.29. The van der Waals surface area contributed by atoms with Crippen LogP contribution in [0, 0.1) is 0 Å². The number of pyridine rings is 1. The summed E-state index contributed by atoms with van der Waals surface area (Å²) in [5.41, 5.74) is 6.60. The Bertz CT molecular complexity index is 1460. The van der Waals surface area contributed by atoms with E-state index in [2.05, 4.69) is 68.1 Å². The molecule has 9 nitrogen and oxygen atoms in total. The monoisotopic (exact) mass is 501 g/mol. The topological polar surface area (TPSA) is 91.3 Å². The highest BCUT2D eigenvalue weighted by atomic mass is 16.6. The molecule has 4 aromatic rings. The van der Waals surface area contributed by atoms with Gasteiger partial charge in [-0.2, -0.15) is 0 Å². The summed E-state index contributed by atoms with van der Waals surface area (Å²) >= 11 is 0. The summed E-state index contributed by atoms with van der Waals surface area (Å²) in [7, 11) is 4.15. The largest absolute Gasteiger partial charge is 0.444 e. The number of likely N-dealkylation sites (N-methyl/N-ethyl adjacent to an activating group) is 1. The molecule has 5 rings (SSSR count). The number of aromatic amines is 1. The van der Waals surface area contributed by atoms with Crippen LogP contribution in [0.15, 0.2) is 48.9 Å². The Hall–Kier alpha value is -3.85. The first-order chi connectivity index (χ1) is 17.7. The van der Waals surface area contributed by atoms with E-state index in [1.54, 1.807) is 4.90 Å². The van der Waals surface area contributed by atoms with Crippen molar-refractivity contribution in [1.82, 2.24) is 29.3 Å². The van der Waals surface area contributed by atoms with Crippen LogP contribution in [-0.2, 0) is 11.3 Å². The van der Waals surface area contributed by atoms with Gasteiger partial charge in [-0.1, -0.05) is 6.08 Å². The fourth-order valence-electron chi connectivity index (χ4n) is 4.49. The lowest BCUT2D eigenvalue weighted by molar-refractivity contribution is 0.0270. The Morgan fingerprint density at radius 3 is 2.76 bits per heavy atom. The van der Waals surface area contributed by atoms with Crippen LogP contribution in [0.2, 0.25) is 0 Å². The maximum Gasteiger partial charge on any atom is 0.410 e. The maximum atomic E-state index is 12.4. The number of ether oxygens (including phenoxy) is 1. The van der Waals surface area contributed by atoms with Gasteiger partial charge in [0.25, 0.3) is 0 Å². The summed E-state index contributed by atoms with van der Waals surface area (Å²) < 4.78 is 7.70. The second kappa shape index (κ2) is 9.89. The summed E-state index contributed by atoms with van der Waals surface area (Å²) in [5.74, 6) is 0. The molecule has 0 radical (unpaired) electrons. The van der Waals surface area contributed by atoms with Gasteiger partial charge in [0, 0.05) is 49.1 Å². The van der Waals surface area contributed by atoms with Gasteiger partial charge in [-0.05, 0) is 77.2 Å². The van der Waals surface area contributed by atoms with Gasteiger partial charge >= 0.3 is 6.09 Å². The number of carbonyl (C=O) groups excluding carboxylic acids is 1. The molecule has 3 aromatic heterocycles. The highest BCUT2D eigenvalue weighted by Gasteiger charge is 2.24. The molecule has 0 unspecified atom stereocenters. The van der Waals surface area contributed by atoms with E-state index in [0.717, 1.165) is 58.6 Å². The van der Waals surface area contributed by atoms with Gasteiger partial charge in [-0.25, -0.2) is 14.8 Å². The summed E-state index contributed by atoms with van der Waals surface area (Å²) in [4.78, 5) is 28.9. The molecule has 9 heteroatoms. The van der Waals surface area contributed by atoms with E-state index < -0.39 is 5.60 Å². The van der Waals surface area contributed by atoms with E-state index >= 15 is 0 Å². The van der Waals surface area contributed by atoms with E-state index in [0.29, 0.717) is 13.1 Å². The second-order valence-electron chi connectivity index (χ2n) is 10.8. The van der Waals surface area contributed by atoms with Crippen LogP contribution in [-0.4, -0.2) is 74.7 Å². The average molecular weight is 502 g/mol. The summed E-state index contributed by atoms with van der Waals surface area (Å²) in [6.45, 7) is 8.64. The highest BCUT2D eigenvalue weighted by Crippen LogP contribution is 2.31. The van der Waals surface area contributed by atoms with Crippen LogP contribution in [0.3, 0.4) is 0 Å². The molecule has 0 saturated carbocycles. The Kier molecular flexibility index (Phi) is 6.64. The number of anilines is 2. The number of rotatable bonds is 6. The summed E-state index contributed by atoms with van der Waals surface area (Å²) in [5, 5.41) is 4.60. The molecule has 2 N–H and O–H groups in total. The molecule has 1 aromatic carbocycles. The van der Waals surface area contributed by atoms with Crippen molar-refractivity contribution in [3.05, 3.63) is 54.6 Å². The number of carbonyl (C=O) groups is 1. The van der Waals surface area contributed by atoms with Gasteiger partial charge in [-0.3, -0.25) is 0 Å². The maximum absolute atomic E-state index is 12.4. The van der Waals surface area contributed by atoms with Crippen molar-refractivity contribution in [3.8, 4) is 0 Å². The number of benzene rings is 1. The van der Waals surface area contributed by atoms with Crippen molar-refractivity contribution in [1.29, 1.82) is 0 Å². The fourth-order valence-corrected chi connectivity index (χ4v) is 4.49. The predicted molar refractivity (Wildman–Crippen MR) is 148 cm³/mol. The molecule has 37 heavy (non-hydrogen) atoms. The predicted octanol–water partition coefficient (Wildman–Crippen LogP) is 5.24. The number of fused-ring (bicyclic) bond motifs is 2. The van der Waals surface area contributed by atoms with E-state index in [4.69, 9.17) is 4.74 Å². The first-order valence-corrected chi connectivity index (χ1v) is 12.7. The van der Waals surface area contributed by atoms with Crippen molar-refractivity contribution in [2.75, 3.05) is 39.0 Å². The van der Waals surface area contributed by atoms with Gasteiger partial charge in [-0.15, -0.1) is 0 Å². The van der Waals surface area contributed by atoms with Crippen LogP contribution in [0.4, 0.5) is 16.2 Å². The summed E-state index contributed by atoms with van der Waals surface area (Å²) in [6.07, 6.45) is 6.29. The molecular formula is C28H35N7O2. The molecule has 0 spiro atoms. The molecule has 1 amide bonds. The highest BCUT2D eigenvalue weighted by molar-refractivity contribution is 5.95. The van der Waals surface area contributed by atoms with Crippen LogP contribution in [0.5, 0.6) is 0 Å². The van der Waals surface area contributed by atoms with Gasteiger partial charge < -0.3 is 29.4 Å². The van der Waals surface area contributed by atoms with E-state index in [-0.39, 0.29) is 6.09 Å². The second-order valence-corrected chi connectivity index (χ2v) is 10.8. The zero-order chi connectivity index (χ0) is 26.2. The minimum Gasteiger partial charge on any atom is -0.444 e. The van der Waals surface area contributed by atoms with Crippen LogP contribution in [0.25, 0.3) is 27.6 Å². The number of H-pyrrole nitrogens is 1. The molecule has 1 aliphatic heterocycles. The van der Waals surface area contributed by atoms with Gasteiger partial charge in [0.05, 0.1) is 23.0 Å². The normalized spacial score (nSPS) is 14.4. The number of nitrogens with one attached hydrogen (secondary N) is 2. The van der Waals surface area contributed by atoms with E-state index in [9.17, 15) is 4.79 Å². The molecule has 0 bridgehead atoms. The molecule has 0 atom stereocenters. The lowest BCUT2D eigenvalue weighted by Crippen LogP contribution is -2.39. The first-order valence-electron chi connectivity index (χ1n) is 12.7. The van der Waals surface area contributed by atoms with Gasteiger partial charge in [0.2, 0.25) is 0 Å². The smallest absolute Gasteiger partial charge is 0.410 e. The zero-order valence-corrected chi connectivity index (χ0v) is 22.2. The minimum absolute atomic E-state index is 0.271. The van der Waals surface area contributed by atoms with Gasteiger partial charge in [0.1, 0.15) is 11.2 Å². The number of hydrogen-bond acceptors (Lipinski definition) is 6. The van der Waals surface area contributed by atoms with Gasteiger partial charge in [0.15, 0.2) is 0 Å². The Morgan fingerprint density at radius 2 is 2.03 bits per heavy atom. The number of imidazole rings is 1. The fraction of sp³-hybridized carbons (Fsp3) is 0.393. The standard InChI is InChI=1S/C28H35N7O2/c1-28(2,3)37-27(36)34-12-9-19(10-13-34)24-17-21-22(8-11-29-26(21)32-24)31-20-6-7-23-25(16-20)35(18-30-23)15-14-33(4)5/h6-9,11,16-18H,10,12-15H2,1-5H3,(H2,29,31,32). The molecule has 4 heterocycles. The van der Waals surface area contributed by atoms with Crippen LogP contribution < -0.4 is 5.32 Å². The molecule has 1 aliphatic rings. The molecular weight excluding hydrogens is 466 g/mol. The third-order valence-corrected chi connectivity index (χ3v) is 6.43. The molecule has 0 aliphatic carbocycles. The molecule has 194 valence electrons. The van der Waals surface area contributed by atoms with Crippen LogP contribution in [0.1, 0.15) is 32.9 Å². The van der Waals surface area contributed by atoms with Crippen molar-refractivity contribution < 1.29 is 9.53 Å². The van der Waals surface area contributed by atoms with Crippen molar-refractivity contribution in [2.45, 2.75) is 39.3 Å². The summed E-state index contributed by atoms with van der Waals surface area (Å²) in [6, 6.07) is 10.4. The molecule has 0 fully saturated rings. The Morgan fingerprint density at radius 1 is 1.19 bits per heavy atom. The number of nitrogens with zero attached hydrogens (tertiary/aromatic N) is 5. The average Bonchev–Trinajstić information content (AvgIpc) is 3.46.